The number of hydrogen-bond acceptors (Lipinski definition) is 6. The Labute approximate surface area is 123 Å². The average molecular weight is 301 g/mol. The molecule has 0 radical (unpaired) electrons. The van der Waals surface area contributed by atoms with Crippen LogP contribution in [0.3, 0.4) is 0 Å². The van der Waals surface area contributed by atoms with Gasteiger partial charge in [-0.3, -0.25) is 4.79 Å². The summed E-state index contributed by atoms with van der Waals surface area (Å²) < 4.78 is 0. The van der Waals surface area contributed by atoms with Crippen LogP contribution < -0.4 is 5.43 Å². The lowest BCUT2D eigenvalue weighted by molar-refractivity contribution is 0.404. The molecule has 1 heterocycles. The topological polar surface area (TPSA) is 134 Å². The summed E-state index contributed by atoms with van der Waals surface area (Å²) in [6.45, 7) is 0. The smallest absolute Gasteiger partial charge is 0.235 e. The van der Waals surface area contributed by atoms with Crippen LogP contribution in [0.25, 0.3) is 22.2 Å². The standard InChI is InChI=1S/C15H11NO6/c17-7-4-8-12(11(20)5-7)14(21)15(22)13(16-8)6-1-2-9(18)10(19)3-6/h1-5,17-20,22H,(H,16,21). The minimum atomic E-state index is -0.825. The number of fused-ring (bicyclic) bond motifs is 1. The highest BCUT2D eigenvalue weighted by atomic mass is 16.3. The van der Waals surface area contributed by atoms with Crippen molar-refractivity contribution >= 4 is 10.9 Å². The molecular weight excluding hydrogens is 290 g/mol. The third-order valence-electron chi connectivity index (χ3n) is 3.31. The third-order valence-corrected chi connectivity index (χ3v) is 3.31. The van der Waals surface area contributed by atoms with Crippen LogP contribution in [-0.2, 0) is 0 Å². The van der Waals surface area contributed by atoms with Crippen molar-refractivity contribution in [3.63, 3.8) is 0 Å². The van der Waals surface area contributed by atoms with Crippen molar-refractivity contribution in [2.45, 2.75) is 0 Å². The Hall–Kier alpha value is -3.35. The molecule has 0 atom stereocenters. The highest BCUT2D eigenvalue weighted by Gasteiger charge is 2.17. The molecule has 0 unspecified atom stereocenters. The number of hydrogen-bond donors (Lipinski definition) is 6. The number of H-pyrrole nitrogens is 1. The molecule has 22 heavy (non-hydrogen) atoms. The highest BCUT2D eigenvalue weighted by Crippen LogP contribution is 2.35. The zero-order valence-electron chi connectivity index (χ0n) is 11.0. The summed E-state index contributed by atoms with van der Waals surface area (Å²) in [5, 5.41) is 47.9. The lowest BCUT2D eigenvalue weighted by atomic mass is 10.1. The number of rotatable bonds is 1. The predicted molar refractivity (Wildman–Crippen MR) is 78.3 cm³/mol. The van der Waals surface area contributed by atoms with Gasteiger partial charge in [0.25, 0.3) is 0 Å². The maximum absolute atomic E-state index is 12.2. The molecule has 2 aromatic carbocycles. The van der Waals surface area contributed by atoms with Gasteiger partial charge in [-0.15, -0.1) is 0 Å². The maximum atomic E-state index is 12.2. The van der Waals surface area contributed by atoms with Crippen LogP contribution in [0.2, 0.25) is 0 Å². The average Bonchev–Trinajstić information content (AvgIpc) is 2.45. The van der Waals surface area contributed by atoms with Gasteiger partial charge in [0.05, 0.1) is 16.6 Å². The van der Waals surface area contributed by atoms with Crippen LogP contribution in [0.1, 0.15) is 0 Å². The van der Waals surface area contributed by atoms with Gasteiger partial charge in [0.15, 0.2) is 17.2 Å². The van der Waals surface area contributed by atoms with E-state index in [-0.39, 0.29) is 33.7 Å². The Balaban J connectivity index is 2.38. The van der Waals surface area contributed by atoms with Gasteiger partial charge in [0, 0.05) is 17.7 Å². The lowest BCUT2D eigenvalue weighted by Crippen LogP contribution is -2.05. The molecule has 0 bridgehead atoms. The minimum absolute atomic E-state index is 0.0159. The first-order chi connectivity index (χ1) is 10.4. The summed E-state index contributed by atoms with van der Waals surface area (Å²) in [6, 6.07) is 5.96. The Kier molecular flexibility index (Phi) is 2.84. The summed E-state index contributed by atoms with van der Waals surface area (Å²) in [5.41, 5.74) is -0.482. The summed E-state index contributed by atoms with van der Waals surface area (Å²) in [5.74, 6) is -2.14. The van der Waals surface area contributed by atoms with Crippen molar-refractivity contribution in [2.24, 2.45) is 0 Å². The fraction of sp³-hybridized carbons (Fsp3) is 0. The summed E-state index contributed by atoms with van der Waals surface area (Å²) in [4.78, 5) is 14.9. The molecule has 0 aliphatic carbocycles. The monoisotopic (exact) mass is 301 g/mol. The van der Waals surface area contributed by atoms with E-state index in [1.165, 1.54) is 18.2 Å². The largest absolute Gasteiger partial charge is 0.508 e. The molecule has 6 N–H and O–H groups in total. The van der Waals surface area contributed by atoms with Gasteiger partial charge in [-0.25, -0.2) is 0 Å². The number of nitrogens with one attached hydrogen (secondary N) is 1. The molecule has 7 heteroatoms. The summed E-state index contributed by atoms with van der Waals surface area (Å²) >= 11 is 0. The molecule has 3 rings (SSSR count). The molecule has 0 fully saturated rings. The number of phenols is 4. The van der Waals surface area contributed by atoms with Crippen molar-refractivity contribution in [3.05, 3.63) is 40.6 Å². The first-order valence-electron chi connectivity index (χ1n) is 6.21. The molecule has 112 valence electrons. The van der Waals surface area contributed by atoms with Gasteiger partial charge in [-0.1, -0.05) is 0 Å². The second-order valence-electron chi connectivity index (χ2n) is 4.77. The van der Waals surface area contributed by atoms with Crippen LogP contribution in [0, 0.1) is 0 Å². The van der Waals surface area contributed by atoms with Crippen molar-refractivity contribution in [1.82, 2.24) is 4.98 Å². The van der Waals surface area contributed by atoms with Gasteiger partial charge >= 0.3 is 0 Å². The molecule has 0 spiro atoms. The zero-order chi connectivity index (χ0) is 16.0. The number of aromatic nitrogens is 1. The predicted octanol–water partition coefficient (Wildman–Crippen LogP) is 1.72. The quantitative estimate of drug-likeness (QED) is 0.379. The van der Waals surface area contributed by atoms with Crippen molar-refractivity contribution in [3.8, 4) is 40.0 Å². The van der Waals surface area contributed by atoms with E-state index in [0.717, 1.165) is 12.1 Å². The Morgan fingerprint density at radius 2 is 1.55 bits per heavy atom. The second-order valence-corrected chi connectivity index (χ2v) is 4.77. The second kappa shape index (κ2) is 4.59. The van der Waals surface area contributed by atoms with E-state index in [9.17, 15) is 30.3 Å². The maximum Gasteiger partial charge on any atom is 0.235 e. The van der Waals surface area contributed by atoms with Gasteiger partial charge in [0.1, 0.15) is 11.5 Å². The zero-order valence-corrected chi connectivity index (χ0v) is 11.0. The van der Waals surface area contributed by atoms with E-state index in [4.69, 9.17) is 0 Å². The van der Waals surface area contributed by atoms with Crippen LogP contribution in [0.15, 0.2) is 35.1 Å². The van der Waals surface area contributed by atoms with Gasteiger partial charge in [-0.2, -0.15) is 0 Å². The van der Waals surface area contributed by atoms with Crippen LogP contribution >= 0.6 is 0 Å². The SMILES string of the molecule is O=c1c(O)c(-c2ccc(O)c(O)c2)[nH]c2cc(O)cc(O)c12. The minimum Gasteiger partial charge on any atom is -0.508 e. The van der Waals surface area contributed by atoms with Crippen LogP contribution in [0.5, 0.6) is 28.7 Å². The fourth-order valence-electron chi connectivity index (χ4n) is 2.26. The van der Waals surface area contributed by atoms with E-state index >= 15 is 0 Å². The van der Waals surface area contributed by atoms with E-state index in [0.29, 0.717) is 0 Å². The first kappa shape index (κ1) is 13.6. The molecule has 0 aliphatic rings. The molecule has 0 aliphatic heterocycles. The van der Waals surface area contributed by atoms with E-state index in [1.54, 1.807) is 0 Å². The van der Waals surface area contributed by atoms with Gasteiger partial charge in [0.2, 0.25) is 5.43 Å². The molecular formula is C15H11NO6. The van der Waals surface area contributed by atoms with Crippen molar-refractivity contribution < 1.29 is 25.5 Å². The van der Waals surface area contributed by atoms with E-state index < -0.39 is 22.7 Å². The first-order valence-corrected chi connectivity index (χ1v) is 6.21. The number of pyridine rings is 1. The Bertz CT molecular complexity index is 960. The normalized spacial score (nSPS) is 10.9. The van der Waals surface area contributed by atoms with E-state index in [1.807, 2.05) is 0 Å². The molecule has 1 aromatic heterocycles. The van der Waals surface area contributed by atoms with E-state index in [2.05, 4.69) is 4.98 Å². The number of aromatic amines is 1. The van der Waals surface area contributed by atoms with Gasteiger partial charge < -0.3 is 30.5 Å². The van der Waals surface area contributed by atoms with Crippen molar-refractivity contribution in [2.75, 3.05) is 0 Å². The third kappa shape index (κ3) is 1.96. The summed E-state index contributed by atoms with van der Waals surface area (Å²) in [6.07, 6.45) is 0. The Morgan fingerprint density at radius 1 is 0.818 bits per heavy atom. The Morgan fingerprint density at radius 3 is 2.23 bits per heavy atom. The lowest BCUT2D eigenvalue weighted by Gasteiger charge is -2.09. The molecule has 0 saturated heterocycles. The fourth-order valence-corrected chi connectivity index (χ4v) is 2.26. The number of aromatic hydroxyl groups is 5. The molecule has 0 saturated carbocycles. The number of benzene rings is 2. The van der Waals surface area contributed by atoms with Gasteiger partial charge in [-0.05, 0) is 18.2 Å². The number of phenolic OH excluding ortho intramolecular Hbond substituents is 4. The molecule has 3 aromatic rings. The highest BCUT2D eigenvalue weighted by molar-refractivity contribution is 5.90. The summed E-state index contributed by atoms with van der Waals surface area (Å²) in [7, 11) is 0. The van der Waals surface area contributed by atoms with Crippen molar-refractivity contribution in [1.29, 1.82) is 0 Å². The molecule has 0 amide bonds. The van der Waals surface area contributed by atoms with Crippen LogP contribution in [-0.4, -0.2) is 30.5 Å². The molecule has 7 nitrogen and oxygen atoms in total. The van der Waals surface area contributed by atoms with Crippen LogP contribution in [0.4, 0.5) is 0 Å².